The SMILES string of the molecule is CSc1ccccc1C(=O)OCc1coc(-c2ccccc2)n1. The van der Waals surface area contributed by atoms with Gasteiger partial charge in [-0.05, 0) is 30.5 Å². The highest BCUT2D eigenvalue weighted by atomic mass is 32.2. The number of ether oxygens (including phenoxy) is 1. The zero-order valence-corrected chi connectivity index (χ0v) is 13.4. The van der Waals surface area contributed by atoms with Crippen molar-refractivity contribution in [1.29, 1.82) is 0 Å². The van der Waals surface area contributed by atoms with Gasteiger partial charge in [0.2, 0.25) is 5.89 Å². The largest absolute Gasteiger partial charge is 0.455 e. The lowest BCUT2D eigenvalue weighted by Crippen LogP contribution is -2.06. The van der Waals surface area contributed by atoms with Crippen LogP contribution in [0.1, 0.15) is 16.1 Å². The summed E-state index contributed by atoms with van der Waals surface area (Å²) in [5, 5.41) is 0. The van der Waals surface area contributed by atoms with Gasteiger partial charge >= 0.3 is 5.97 Å². The summed E-state index contributed by atoms with van der Waals surface area (Å²) in [6, 6.07) is 17.0. The number of oxazole rings is 1. The van der Waals surface area contributed by atoms with E-state index >= 15 is 0 Å². The number of hydrogen-bond acceptors (Lipinski definition) is 5. The Balaban J connectivity index is 1.67. The number of carbonyl (C=O) groups is 1. The highest BCUT2D eigenvalue weighted by Crippen LogP contribution is 2.22. The molecule has 4 nitrogen and oxygen atoms in total. The van der Waals surface area contributed by atoms with Crippen molar-refractivity contribution >= 4 is 17.7 Å². The zero-order valence-electron chi connectivity index (χ0n) is 12.6. The second kappa shape index (κ2) is 7.15. The van der Waals surface area contributed by atoms with Gasteiger partial charge in [-0.1, -0.05) is 30.3 Å². The quantitative estimate of drug-likeness (QED) is 0.513. The number of carbonyl (C=O) groups excluding carboxylic acids is 1. The molecule has 1 aromatic heterocycles. The van der Waals surface area contributed by atoms with Gasteiger partial charge in [0.05, 0.1) is 5.56 Å². The molecule has 0 fully saturated rings. The summed E-state index contributed by atoms with van der Waals surface area (Å²) in [4.78, 5) is 17.4. The summed E-state index contributed by atoms with van der Waals surface area (Å²) in [5.74, 6) is 0.153. The topological polar surface area (TPSA) is 52.3 Å². The second-order valence-electron chi connectivity index (χ2n) is 4.79. The number of hydrogen-bond donors (Lipinski definition) is 0. The van der Waals surface area contributed by atoms with Crippen molar-refractivity contribution in [2.45, 2.75) is 11.5 Å². The summed E-state index contributed by atoms with van der Waals surface area (Å²) >= 11 is 1.51. The van der Waals surface area contributed by atoms with E-state index in [9.17, 15) is 4.79 Å². The molecular weight excluding hydrogens is 310 g/mol. The molecular formula is C18H15NO3S. The molecule has 0 saturated carbocycles. The van der Waals surface area contributed by atoms with E-state index in [0.29, 0.717) is 17.1 Å². The van der Waals surface area contributed by atoms with Crippen LogP contribution >= 0.6 is 11.8 Å². The fourth-order valence-electron chi connectivity index (χ4n) is 2.12. The molecule has 2 aromatic carbocycles. The predicted molar refractivity (Wildman–Crippen MR) is 89.3 cm³/mol. The number of aromatic nitrogens is 1. The Morgan fingerprint density at radius 1 is 1.13 bits per heavy atom. The second-order valence-corrected chi connectivity index (χ2v) is 5.63. The van der Waals surface area contributed by atoms with E-state index in [1.807, 2.05) is 54.8 Å². The van der Waals surface area contributed by atoms with Crippen molar-refractivity contribution in [2.24, 2.45) is 0 Å². The highest BCUT2D eigenvalue weighted by Gasteiger charge is 2.13. The molecule has 1 heterocycles. The molecule has 0 aliphatic heterocycles. The molecule has 0 amide bonds. The first-order valence-electron chi connectivity index (χ1n) is 7.08. The van der Waals surface area contributed by atoms with Gasteiger partial charge in [0.25, 0.3) is 0 Å². The summed E-state index contributed by atoms with van der Waals surface area (Å²) in [5.41, 5.74) is 2.03. The molecule has 0 atom stereocenters. The van der Waals surface area contributed by atoms with Gasteiger partial charge < -0.3 is 9.15 Å². The molecule has 0 radical (unpaired) electrons. The Morgan fingerprint density at radius 2 is 1.87 bits per heavy atom. The molecule has 0 unspecified atom stereocenters. The highest BCUT2D eigenvalue weighted by molar-refractivity contribution is 7.98. The van der Waals surface area contributed by atoms with E-state index in [1.54, 1.807) is 6.07 Å². The number of nitrogens with zero attached hydrogens (tertiary/aromatic N) is 1. The molecule has 3 aromatic rings. The van der Waals surface area contributed by atoms with Crippen LogP contribution in [0.5, 0.6) is 0 Å². The molecule has 0 spiro atoms. The van der Waals surface area contributed by atoms with E-state index in [4.69, 9.17) is 9.15 Å². The summed E-state index contributed by atoms with van der Waals surface area (Å²) in [7, 11) is 0. The third kappa shape index (κ3) is 3.63. The fourth-order valence-corrected chi connectivity index (χ4v) is 2.70. The fraction of sp³-hybridized carbons (Fsp3) is 0.111. The Labute approximate surface area is 138 Å². The standard InChI is InChI=1S/C18H15NO3S/c1-23-16-10-6-5-9-15(16)18(20)22-12-14-11-21-17(19-14)13-7-3-2-4-8-13/h2-11H,12H2,1H3. The summed E-state index contributed by atoms with van der Waals surface area (Å²) in [6.45, 7) is 0.0812. The monoisotopic (exact) mass is 325 g/mol. The Hall–Kier alpha value is -2.53. The van der Waals surface area contributed by atoms with Crippen molar-refractivity contribution in [1.82, 2.24) is 4.98 Å². The first kappa shape index (κ1) is 15.4. The number of benzene rings is 2. The molecule has 5 heteroatoms. The molecule has 0 saturated heterocycles. The summed E-state index contributed by atoms with van der Waals surface area (Å²) in [6.07, 6.45) is 3.44. The van der Waals surface area contributed by atoms with Crippen LogP contribution in [-0.2, 0) is 11.3 Å². The molecule has 116 valence electrons. The lowest BCUT2D eigenvalue weighted by atomic mass is 10.2. The number of thioether (sulfide) groups is 1. The van der Waals surface area contributed by atoms with E-state index in [2.05, 4.69) is 4.98 Å². The van der Waals surface area contributed by atoms with Crippen molar-refractivity contribution < 1.29 is 13.9 Å². The third-order valence-electron chi connectivity index (χ3n) is 3.25. The lowest BCUT2D eigenvalue weighted by Gasteiger charge is -2.06. The van der Waals surface area contributed by atoms with Gasteiger partial charge in [0.1, 0.15) is 18.6 Å². The van der Waals surface area contributed by atoms with Gasteiger partial charge in [0.15, 0.2) is 0 Å². The summed E-state index contributed by atoms with van der Waals surface area (Å²) < 4.78 is 10.8. The molecule has 0 aliphatic rings. The third-order valence-corrected chi connectivity index (χ3v) is 4.05. The van der Waals surface area contributed by atoms with Gasteiger partial charge in [-0.3, -0.25) is 0 Å². The first-order chi connectivity index (χ1) is 11.3. The zero-order chi connectivity index (χ0) is 16.1. The molecule has 3 rings (SSSR count). The average molecular weight is 325 g/mol. The van der Waals surface area contributed by atoms with E-state index in [-0.39, 0.29) is 12.6 Å². The molecule has 23 heavy (non-hydrogen) atoms. The molecule has 0 bridgehead atoms. The van der Waals surface area contributed by atoms with Crippen LogP contribution in [0, 0.1) is 0 Å². The van der Waals surface area contributed by atoms with Gasteiger partial charge in [-0.2, -0.15) is 0 Å². The van der Waals surface area contributed by atoms with Crippen LogP contribution in [0.15, 0.2) is 70.2 Å². The van der Waals surface area contributed by atoms with Crippen molar-refractivity contribution in [3.05, 3.63) is 72.1 Å². The number of esters is 1. The smallest absolute Gasteiger partial charge is 0.339 e. The molecule has 0 N–H and O–H groups in total. The van der Waals surface area contributed by atoms with Crippen LogP contribution in [0.25, 0.3) is 11.5 Å². The van der Waals surface area contributed by atoms with Gasteiger partial charge in [0, 0.05) is 10.5 Å². The van der Waals surface area contributed by atoms with Crippen LogP contribution in [0.2, 0.25) is 0 Å². The molecule has 0 aliphatic carbocycles. The minimum absolute atomic E-state index is 0.0812. The van der Waals surface area contributed by atoms with Crippen LogP contribution in [0.4, 0.5) is 0 Å². The van der Waals surface area contributed by atoms with E-state index in [0.717, 1.165) is 10.5 Å². The average Bonchev–Trinajstić information content (AvgIpc) is 3.09. The normalized spacial score (nSPS) is 10.5. The van der Waals surface area contributed by atoms with Crippen LogP contribution in [0.3, 0.4) is 0 Å². The maximum atomic E-state index is 12.2. The maximum Gasteiger partial charge on any atom is 0.339 e. The van der Waals surface area contributed by atoms with Gasteiger partial charge in [-0.15, -0.1) is 11.8 Å². The van der Waals surface area contributed by atoms with Crippen molar-refractivity contribution in [3.63, 3.8) is 0 Å². The van der Waals surface area contributed by atoms with E-state index < -0.39 is 0 Å². The minimum Gasteiger partial charge on any atom is -0.455 e. The van der Waals surface area contributed by atoms with Crippen LogP contribution in [-0.4, -0.2) is 17.2 Å². The van der Waals surface area contributed by atoms with Crippen molar-refractivity contribution in [2.75, 3.05) is 6.26 Å². The van der Waals surface area contributed by atoms with E-state index in [1.165, 1.54) is 18.0 Å². The Morgan fingerprint density at radius 3 is 2.65 bits per heavy atom. The minimum atomic E-state index is -0.362. The Bertz CT molecular complexity index is 799. The number of rotatable bonds is 5. The maximum absolute atomic E-state index is 12.2. The predicted octanol–water partition coefficient (Wildman–Crippen LogP) is 4.42. The van der Waals surface area contributed by atoms with Gasteiger partial charge in [-0.25, -0.2) is 9.78 Å². The van der Waals surface area contributed by atoms with Crippen LogP contribution < -0.4 is 0 Å². The Kier molecular flexibility index (Phi) is 4.78. The van der Waals surface area contributed by atoms with Crippen molar-refractivity contribution in [3.8, 4) is 11.5 Å². The first-order valence-corrected chi connectivity index (χ1v) is 8.30. The lowest BCUT2D eigenvalue weighted by molar-refractivity contribution is 0.0463.